The number of nitrogens with one attached hydrogen (secondary N) is 1. The molecule has 0 spiro atoms. The average Bonchev–Trinajstić information content (AvgIpc) is 3.01. The molecule has 1 aromatic carbocycles. The molecule has 0 saturated heterocycles. The minimum absolute atomic E-state index is 0.0472. The van der Waals surface area contributed by atoms with Crippen LogP contribution in [0.4, 0.5) is 0 Å². The van der Waals surface area contributed by atoms with Crippen LogP contribution in [0.1, 0.15) is 43.7 Å². The summed E-state index contributed by atoms with van der Waals surface area (Å²) in [5, 5.41) is 14.6. The predicted octanol–water partition coefficient (Wildman–Crippen LogP) is 2.02. The quantitative estimate of drug-likeness (QED) is 0.335. The van der Waals surface area contributed by atoms with Crippen LogP contribution in [0.25, 0.3) is 0 Å². The molecule has 1 fully saturated rings. The van der Waals surface area contributed by atoms with E-state index in [2.05, 4.69) is 17.4 Å². The summed E-state index contributed by atoms with van der Waals surface area (Å²) in [5.74, 6) is 0.740. The fraction of sp³-hybridized carbons (Fsp3) is 0.500. The zero-order valence-electron chi connectivity index (χ0n) is 12.4. The SMILES string of the molecule is CC(NC(=O)Cc1ccc(C(N)=NO)cc1)C1CCCC1. The third kappa shape index (κ3) is 4.21. The van der Waals surface area contributed by atoms with Crippen molar-refractivity contribution in [3.05, 3.63) is 35.4 Å². The summed E-state index contributed by atoms with van der Waals surface area (Å²) in [5.41, 5.74) is 7.06. The van der Waals surface area contributed by atoms with E-state index in [1.807, 2.05) is 12.1 Å². The maximum atomic E-state index is 12.1. The molecular weight excluding hydrogens is 266 g/mol. The summed E-state index contributed by atoms with van der Waals surface area (Å²) in [6.07, 6.45) is 5.35. The van der Waals surface area contributed by atoms with Crippen molar-refractivity contribution in [3.8, 4) is 0 Å². The van der Waals surface area contributed by atoms with Crippen LogP contribution < -0.4 is 11.1 Å². The highest BCUT2D eigenvalue weighted by atomic mass is 16.4. The second kappa shape index (κ2) is 7.11. The molecular formula is C16H23N3O2. The van der Waals surface area contributed by atoms with Crippen molar-refractivity contribution in [3.63, 3.8) is 0 Å². The van der Waals surface area contributed by atoms with Crippen molar-refractivity contribution >= 4 is 11.7 Å². The number of rotatable bonds is 5. The Morgan fingerprint density at radius 2 is 2.00 bits per heavy atom. The predicted molar refractivity (Wildman–Crippen MR) is 82.2 cm³/mol. The number of oxime groups is 1. The van der Waals surface area contributed by atoms with E-state index in [1.54, 1.807) is 12.1 Å². The monoisotopic (exact) mass is 289 g/mol. The Morgan fingerprint density at radius 3 is 2.57 bits per heavy atom. The van der Waals surface area contributed by atoms with Crippen molar-refractivity contribution in [2.75, 3.05) is 0 Å². The van der Waals surface area contributed by atoms with Gasteiger partial charge < -0.3 is 16.3 Å². The number of carbonyl (C=O) groups excluding carboxylic acids is 1. The first kappa shape index (κ1) is 15.4. The Balaban J connectivity index is 1.87. The molecule has 0 aliphatic heterocycles. The summed E-state index contributed by atoms with van der Waals surface area (Å²) in [7, 11) is 0. The number of hydrogen-bond donors (Lipinski definition) is 3. The lowest BCUT2D eigenvalue weighted by atomic mass is 9.99. The zero-order chi connectivity index (χ0) is 15.2. The van der Waals surface area contributed by atoms with Crippen LogP contribution in [0.3, 0.4) is 0 Å². The molecule has 4 N–H and O–H groups in total. The van der Waals surface area contributed by atoms with E-state index in [-0.39, 0.29) is 17.8 Å². The minimum Gasteiger partial charge on any atom is -0.409 e. The van der Waals surface area contributed by atoms with E-state index in [9.17, 15) is 4.79 Å². The minimum atomic E-state index is 0.0472. The van der Waals surface area contributed by atoms with Crippen molar-refractivity contribution in [1.82, 2.24) is 5.32 Å². The molecule has 0 heterocycles. The standard InChI is InChI=1S/C16H23N3O2/c1-11(13-4-2-3-5-13)18-15(20)10-12-6-8-14(9-7-12)16(17)19-21/h6-9,11,13,21H,2-5,10H2,1H3,(H2,17,19)(H,18,20). The number of amides is 1. The maximum Gasteiger partial charge on any atom is 0.224 e. The molecule has 1 amide bonds. The number of nitrogens with zero attached hydrogens (tertiary/aromatic N) is 1. The topological polar surface area (TPSA) is 87.7 Å². The normalized spacial score (nSPS) is 17.7. The van der Waals surface area contributed by atoms with Crippen LogP contribution in [0.5, 0.6) is 0 Å². The van der Waals surface area contributed by atoms with Crippen LogP contribution in [0.15, 0.2) is 29.4 Å². The van der Waals surface area contributed by atoms with Gasteiger partial charge in [0.05, 0.1) is 6.42 Å². The molecule has 5 heteroatoms. The van der Waals surface area contributed by atoms with Crippen LogP contribution in [0, 0.1) is 5.92 Å². The van der Waals surface area contributed by atoms with E-state index in [4.69, 9.17) is 10.9 Å². The van der Waals surface area contributed by atoms with Crippen molar-refractivity contribution < 1.29 is 10.0 Å². The molecule has 1 unspecified atom stereocenters. The molecule has 1 saturated carbocycles. The molecule has 1 atom stereocenters. The first-order valence-corrected chi connectivity index (χ1v) is 7.46. The molecule has 21 heavy (non-hydrogen) atoms. The number of benzene rings is 1. The van der Waals surface area contributed by atoms with Gasteiger partial charge in [-0.1, -0.05) is 42.3 Å². The van der Waals surface area contributed by atoms with E-state index in [0.717, 1.165) is 5.56 Å². The zero-order valence-corrected chi connectivity index (χ0v) is 12.4. The highest BCUT2D eigenvalue weighted by molar-refractivity contribution is 5.97. The summed E-state index contributed by atoms with van der Waals surface area (Å²) in [6.45, 7) is 2.09. The first-order valence-electron chi connectivity index (χ1n) is 7.46. The molecule has 5 nitrogen and oxygen atoms in total. The average molecular weight is 289 g/mol. The van der Waals surface area contributed by atoms with Gasteiger partial charge in [-0.05, 0) is 31.2 Å². The van der Waals surface area contributed by atoms with Gasteiger partial charge in [-0.3, -0.25) is 4.79 Å². The third-order valence-corrected chi connectivity index (χ3v) is 4.22. The fourth-order valence-electron chi connectivity index (χ4n) is 2.92. The van der Waals surface area contributed by atoms with Gasteiger partial charge in [0, 0.05) is 11.6 Å². The summed E-state index contributed by atoms with van der Waals surface area (Å²) < 4.78 is 0. The van der Waals surface area contributed by atoms with Gasteiger partial charge in [-0.2, -0.15) is 0 Å². The molecule has 1 aliphatic rings. The van der Waals surface area contributed by atoms with Gasteiger partial charge in [0.15, 0.2) is 5.84 Å². The molecule has 0 aromatic heterocycles. The number of amidine groups is 1. The van der Waals surface area contributed by atoms with Crippen molar-refractivity contribution in [2.45, 2.75) is 45.1 Å². The van der Waals surface area contributed by atoms with E-state index in [1.165, 1.54) is 25.7 Å². The van der Waals surface area contributed by atoms with Crippen molar-refractivity contribution in [2.24, 2.45) is 16.8 Å². The van der Waals surface area contributed by atoms with Crippen LogP contribution in [-0.2, 0) is 11.2 Å². The summed E-state index contributed by atoms with van der Waals surface area (Å²) in [4.78, 5) is 12.1. The molecule has 0 bridgehead atoms. The Labute approximate surface area is 125 Å². The summed E-state index contributed by atoms with van der Waals surface area (Å²) in [6, 6.07) is 7.40. The van der Waals surface area contributed by atoms with Gasteiger partial charge >= 0.3 is 0 Å². The maximum absolute atomic E-state index is 12.1. The Morgan fingerprint density at radius 1 is 1.38 bits per heavy atom. The van der Waals surface area contributed by atoms with Crippen LogP contribution >= 0.6 is 0 Å². The van der Waals surface area contributed by atoms with Gasteiger partial charge in [-0.15, -0.1) is 0 Å². The highest BCUT2D eigenvalue weighted by Gasteiger charge is 2.22. The Kier molecular flexibility index (Phi) is 5.20. The van der Waals surface area contributed by atoms with Gasteiger partial charge in [0.1, 0.15) is 0 Å². The third-order valence-electron chi connectivity index (χ3n) is 4.22. The second-order valence-corrected chi connectivity index (χ2v) is 5.76. The molecule has 114 valence electrons. The molecule has 2 rings (SSSR count). The lowest BCUT2D eigenvalue weighted by molar-refractivity contribution is -0.121. The van der Waals surface area contributed by atoms with Gasteiger partial charge in [-0.25, -0.2) is 0 Å². The number of nitrogens with two attached hydrogens (primary N) is 1. The molecule has 1 aromatic rings. The number of hydrogen-bond acceptors (Lipinski definition) is 3. The van der Waals surface area contributed by atoms with E-state index in [0.29, 0.717) is 17.9 Å². The van der Waals surface area contributed by atoms with Crippen LogP contribution in [-0.4, -0.2) is 23.0 Å². The van der Waals surface area contributed by atoms with Crippen LogP contribution in [0.2, 0.25) is 0 Å². The second-order valence-electron chi connectivity index (χ2n) is 5.76. The molecule has 1 aliphatic carbocycles. The van der Waals surface area contributed by atoms with E-state index < -0.39 is 0 Å². The van der Waals surface area contributed by atoms with Gasteiger partial charge in [0.25, 0.3) is 0 Å². The summed E-state index contributed by atoms with van der Waals surface area (Å²) >= 11 is 0. The fourth-order valence-corrected chi connectivity index (χ4v) is 2.92. The lowest BCUT2D eigenvalue weighted by Crippen LogP contribution is -2.38. The number of carbonyl (C=O) groups is 1. The smallest absolute Gasteiger partial charge is 0.224 e. The highest BCUT2D eigenvalue weighted by Crippen LogP contribution is 2.27. The Bertz CT molecular complexity index is 505. The Hall–Kier alpha value is -2.04. The largest absolute Gasteiger partial charge is 0.409 e. The molecule has 0 radical (unpaired) electrons. The van der Waals surface area contributed by atoms with Crippen molar-refractivity contribution in [1.29, 1.82) is 0 Å². The lowest BCUT2D eigenvalue weighted by Gasteiger charge is -2.20. The van der Waals surface area contributed by atoms with Gasteiger partial charge in [0.2, 0.25) is 5.91 Å². The van der Waals surface area contributed by atoms with E-state index >= 15 is 0 Å². The first-order chi connectivity index (χ1) is 10.1.